The highest BCUT2D eigenvalue weighted by Crippen LogP contribution is 2.32. The van der Waals surface area contributed by atoms with Crippen molar-refractivity contribution in [3.63, 3.8) is 0 Å². The normalized spacial score (nSPS) is 11.0. The Morgan fingerprint density at radius 1 is 0.903 bits per heavy atom. The van der Waals surface area contributed by atoms with Crippen molar-refractivity contribution in [2.45, 2.75) is 6.61 Å². The van der Waals surface area contributed by atoms with Crippen molar-refractivity contribution < 1.29 is 9.15 Å². The summed E-state index contributed by atoms with van der Waals surface area (Å²) in [4.78, 5) is 20.9. The number of oxazole rings is 1. The molecule has 5 rings (SSSR count). The molecular formula is C25H19N3O3. The number of nitrogens with zero attached hydrogens (tertiary/aromatic N) is 3. The number of aromatic nitrogens is 3. The SMILES string of the molecule is Cn1c(-c2ccncc2)c(-c2ccc(OCc3ccc4ccccc4n3)cc2)oc1=O. The van der Waals surface area contributed by atoms with Gasteiger partial charge in [-0.05, 0) is 48.5 Å². The van der Waals surface area contributed by atoms with Crippen molar-refractivity contribution in [1.29, 1.82) is 0 Å². The molecule has 152 valence electrons. The molecule has 0 aliphatic heterocycles. The third-order valence-corrected chi connectivity index (χ3v) is 5.13. The second-order valence-electron chi connectivity index (χ2n) is 7.15. The molecule has 3 aromatic heterocycles. The summed E-state index contributed by atoms with van der Waals surface area (Å²) < 4.78 is 12.9. The molecule has 0 aliphatic rings. The fourth-order valence-corrected chi connectivity index (χ4v) is 3.53. The molecule has 0 aliphatic carbocycles. The molecule has 6 nitrogen and oxygen atoms in total. The van der Waals surface area contributed by atoms with Gasteiger partial charge in [0.25, 0.3) is 0 Å². The van der Waals surface area contributed by atoms with E-state index in [2.05, 4.69) is 9.97 Å². The second kappa shape index (κ2) is 7.91. The first-order chi connectivity index (χ1) is 15.2. The van der Waals surface area contributed by atoms with Gasteiger partial charge in [0.2, 0.25) is 0 Å². The zero-order valence-corrected chi connectivity index (χ0v) is 16.9. The van der Waals surface area contributed by atoms with E-state index in [4.69, 9.17) is 9.15 Å². The minimum Gasteiger partial charge on any atom is -0.487 e. The molecule has 0 bridgehead atoms. The Hall–Kier alpha value is -4.19. The molecule has 0 saturated heterocycles. The van der Waals surface area contributed by atoms with Gasteiger partial charge in [-0.15, -0.1) is 0 Å². The van der Waals surface area contributed by atoms with Crippen LogP contribution in [-0.4, -0.2) is 14.5 Å². The lowest BCUT2D eigenvalue weighted by Crippen LogP contribution is -2.09. The summed E-state index contributed by atoms with van der Waals surface area (Å²) in [5, 5.41) is 1.10. The number of ether oxygens (including phenoxy) is 1. The van der Waals surface area contributed by atoms with Crippen molar-refractivity contribution in [3.8, 4) is 28.3 Å². The number of benzene rings is 2. The van der Waals surface area contributed by atoms with E-state index in [0.717, 1.165) is 27.7 Å². The summed E-state index contributed by atoms with van der Waals surface area (Å²) in [5.74, 6) is 0.813. The molecule has 0 amide bonds. The topological polar surface area (TPSA) is 70.2 Å². The molecule has 3 heterocycles. The van der Waals surface area contributed by atoms with Crippen LogP contribution in [0.2, 0.25) is 0 Å². The lowest BCUT2D eigenvalue weighted by molar-refractivity contribution is 0.302. The van der Waals surface area contributed by atoms with Crippen LogP contribution in [0.3, 0.4) is 0 Å². The van der Waals surface area contributed by atoms with Gasteiger partial charge in [-0.1, -0.05) is 24.3 Å². The maximum atomic E-state index is 12.2. The number of hydrogen-bond donors (Lipinski definition) is 0. The highest BCUT2D eigenvalue weighted by atomic mass is 16.5. The van der Waals surface area contributed by atoms with Gasteiger partial charge in [0.05, 0.1) is 16.9 Å². The maximum absolute atomic E-state index is 12.2. The molecule has 0 saturated carbocycles. The summed E-state index contributed by atoms with van der Waals surface area (Å²) in [6.45, 7) is 0.368. The third kappa shape index (κ3) is 3.71. The molecule has 2 aromatic carbocycles. The summed E-state index contributed by atoms with van der Waals surface area (Å²) in [5.41, 5.74) is 4.17. The first-order valence-electron chi connectivity index (χ1n) is 9.87. The van der Waals surface area contributed by atoms with Gasteiger partial charge in [-0.3, -0.25) is 9.55 Å². The summed E-state index contributed by atoms with van der Waals surface area (Å²) in [6, 6.07) is 23.2. The van der Waals surface area contributed by atoms with Gasteiger partial charge in [-0.2, -0.15) is 0 Å². The van der Waals surface area contributed by atoms with Crippen LogP contribution in [0, 0.1) is 0 Å². The van der Waals surface area contributed by atoms with E-state index in [1.54, 1.807) is 19.4 Å². The fraction of sp³-hybridized carbons (Fsp3) is 0.0800. The van der Waals surface area contributed by atoms with Crippen LogP contribution < -0.4 is 10.5 Å². The predicted molar refractivity (Wildman–Crippen MR) is 119 cm³/mol. The summed E-state index contributed by atoms with van der Waals surface area (Å²) in [7, 11) is 1.69. The Bertz CT molecular complexity index is 1400. The van der Waals surface area contributed by atoms with Crippen molar-refractivity contribution >= 4 is 10.9 Å². The van der Waals surface area contributed by atoms with Crippen molar-refractivity contribution in [1.82, 2.24) is 14.5 Å². The van der Waals surface area contributed by atoms with E-state index in [1.807, 2.05) is 72.8 Å². The fourth-order valence-electron chi connectivity index (χ4n) is 3.53. The largest absolute Gasteiger partial charge is 0.487 e. The van der Waals surface area contributed by atoms with E-state index < -0.39 is 5.76 Å². The first-order valence-corrected chi connectivity index (χ1v) is 9.87. The molecule has 0 N–H and O–H groups in total. The highest BCUT2D eigenvalue weighted by Gasteiger charge is 2.17. The average Bonchev–Trinajstić information content (AvgIpc) is 3.12. The van der Waals surface area contributed by atoms with E-state index >= 15 is 0 Å². The van der Waals surface area contributed by atoms with Gasteiger partial charge < -0.3 is 9.15 Å². The van der Waals surface area contributed by atoms with Crippen LogP contribution in [0.4, 0.5) is 0 Å². The van der Waals surface area contributed by atoms with Crippen molar-refractivity contribution in [2.24, 2.45) is 7.05 Å². The van der Waals surface area contributed by atoms with Gasteiger partial charge in [0.1, 0.15) is 12.4 Å². The van der Waals surface area contributed by atoms with Crippen LogP contribution in [0.15, 0.2) is 94.4 Å². The molecule has 31 heavy (non-hydrogen) atoms. The number of hydrogen-bond acceptors (Lipinski definition) is 5. The van der Waals surface area contributed by atoms with Crippen LogP contribution in [0.5, 0.6) is 5.75 Å². The Morgan fingerprint density at radius 2 is 1.68 bits per heavy atom. The van der Waals surface area contributed by atoms with E-state index in [0.29, 0.717) is 23.8 Å². The van der Waals surface area contributed by atoms with Gasteiger partial charge >= 0.3 is 5.76 Å². The Kier molecular flexibility index (Phi) is 4.80. The number of fused-ring (bicyclic) bond motifs is 1. The second-order valence-corrected chi connectivity index (χ2v) is 7.15. The van der Waals surface area contributed by atoms with Crippen LogP contribution in [-0.2, 0) is 13.7 Å². The summed E-state index contributed by atoms with van der Waals surface area (Å²) >= 11 is 0. The van der Waals surface area contributed by atoms with Crippen LogP contribution in [0.1, 0.15) is 5.69 Å². The Morgan fingerprint density at radius 3 is 2.48 bits per heavy atom. The zero-order chi connectivity index (χ0) is 21.2. The number of pyridine rings is 2. The minimum absolute atomic E-state index is 0.368. The van der Waals surface area contributed by atoms with E-state index in [9.17, 15) is 4.79 Å². The number of para-hydroxylation sites is 1. The quantitative estimate of drug-likeness (QED) is 0.416. The average molecular weight is 409 g/mol. The van der Waals surface area contributed by atoms with Gasteiger partial charge in [0.15, 0.2) is 5.76 Å². The van der Waals surface area contributed by atoms with Gasteiger partial charge in [-0.25, -0.2) is 9.78 Å². The lowest BCUT2D eigenvalue weighted by Gasteiger charge is -2.08. The smallest absolute Gasteiger partial charge is 0.419 e. The zero-order valence-electron chi connectivity index (χ0n) is 16.9. The predicted octanol–water partition coefficient (Wildman–Crippen LogP) is 4.83. The minimum atomic E-state index is -0.412. The maximum Gasteiger partial charge on any atom is 0.419 e. The van der Waals surface area contributed by atoms with Crippen LogP contribution in [0.25, 0.3) is 33.5 Å². The molecule has 0 spiro atoms. The molecule has 0 unspecified atom stereocenters. The molecule has 6 heteroatoms. The Balaban J connectivity index is 1.38. The Labute approximate surface area is 178 Å². The standard InChI is InChI=1S/C25H19N3O3/c1-28-23(18-12-14-26-15-13-18)24(31-25(28)29)19-7-10-21(11-8-19)30-16-20-9-6-17-4-2-3-5-22(17)27-20/h2-15H,16H2,1H3. The molecule has 0 atom stereocenters. The third-order valence-electron chi connectivity index (χ3n) is 5.13. The molecule has 5 aromatic rings. The van der Waals surface area contributed by atoms with E-state index in [1.165, 1.54) is 4.57 Å². The molecule has 0 fully saturated rings. The van der Waals surface area contributed by atoms with Crippen LogP contribution >= 0.6 is 0 Å². The number of rotatable bonds is 5. The molecular weight excluding hydrogens is 390 g/mol. The van der Waals surface area contributed by atoms with Crippen molar-refractivity contribution in [2.75, 3.05) is 0 Å². The lowest BCUT2D eigenvalue weighted by atomic mass is 10.1. The summed E-state index contributed by atoms with van der Waals surface area (Å²) in [6.07, 6.45) is 3.38. The monoisotopic (exact) mass is 409 g/mol. The first kappa shape index (κ1) is 18.8. The van der Waals surface area contributed by atoms with Gasteiger partial charge in [0, 0.05) is 36.0 Å². The highest BCUT2D eigenvalue weighted by molar-refractivity contribution is 5.78. The van der Waals surface area contributed by atoms with Crippen molar-refractivity contribution in [3.05, 3.63) is 101 Å². The molecule has 0 radical (unpaired) electrons. The van der Waals surface area contributed by atoms with E-state index in [-0.39, 0.29) is 0 Å².